The van der Waals surface area contributed by atoms with Crippen molar-refractivity contribution in [2.45, 2.75) is 32.6 Å². The fourth-order valence-electron chi connectivity index (χ4n) is 1.72. The van der Waals surface area contributed by atoms with Crippen molar-refractivity contribution < 1.29 is 18.7 Å². The number of hydrogen-bond donors (Lipinski definition) is 1. The number of halogens is 2. The summed E-state index contributed by atoms with van der Waals surface area (Å²) in [6.07, 6.45) is -0.677. The second kappa shape index (κ2) is 5.25. The number of alkyl halides is 2. The number of carboxylic acid groups (broad SMARTS) is 1. The molecule has 0 aromatic heterocycles. The van der Waals surface area contributed by atoms with E-state index < -0.39 is 24.2 Å². The Balaban J connectivity index is 2.73. The van der Waals surface area contributed by atoms with E-state index in [4.69, 9.17) is 5.11 Å². The number of carboxylic acids is 1. The van der Waals surface area contributed by atoms with E-state index in [1.807, 2.05) is 6.92 Å². The van der Waals surface area contributed by atoms with E-state index in [-0.39, 0.29) is 12.0 Å². The van der Waals surface area contributed by atoms with E-state index in [1.165, 1.54) is 19.1 Å². The van der Waals surface area contributed by atoms with Crippen LogP contribution in [0.2, 0.25) is 0 Å². The lowest BCUT2D eigenvalue weighted by Gasteiger charge is -2.20. The van der Waals surface area contributed by atoms with Crippen LogP contribution in [0.5, 0.6) is 0 Å². The zero-order chi connectivity index (χ0) is 13.1. The average molecular weight is 242 g/mol. The minimum Gasteiger partial charge on any atom is -0.481 e. The van der Waals surface area contributed by atoms with Gasteiger partial charge in [0.2, 0.25) is 0 Å². The summed E-state index contributed by atoms with van der Waals surface area (Å²) in [5.41, 5.74) is 0.864. The molecule has 1 atom stereocenters. The number of aliphatic carboxylic acids is 1. The van der Waals surface area contributed by atoms with Crippen LogP contribution in [0.25, 0.3) is 0 Å². The van der Waals surface area contributed by atoms with E-state index in [9.17, 15) is 13.6 Å². The van der Waals surface area contributed by atoms with Gasteiger partial charge in [-0.3, -0.25) is 4.79 Å². The normalized spacial score (nSPS) is 13.4. The number of carbonyl (C=O) groups is 1. The molecule has 17 heavy (non-hydrogen) atoms. The highest BCUT2D eigenvalue weighted by molar-refractivity contribution is 5.66. The Bertz CT molecular complexity index is 385. The highest BCUT2D eigenvalue weighted by Crippen LogP contribution is 2.35. The predicted octanol–water partition coefficient (Wildman–Crippen LogP) is 3.59. The summed E-state index contributed by atoms with van der Waals surface area (Å²) < 4.78 is 27.6. The third-order valence-corrected chi connectivity index (χ3v) is 2.60. The Kier molecular flexibility index (Phi) is 4.21. The van der Waals surface area contributed by atoms with E-state index in [0.29, 0.717) is 0 Å². The maximum atomic E-state index is 13.8. The lowest BCUT2D eigenvalue weighted by molar-refractivity contribution is -0.138. The topological polar surface area (TPSA) is 37.3 Å². The third kappa shape index (κ3) is 4.13. The summed E-state index contributed by atoms with van der Waals surface area (Å²) >= 11 is 0. The van der Waals surface area contributed by atoms with Crippen LogP contribution in [-0.4, -0.2) is 11.1 Å². The van der Waals surface area contributed by atoms with Gasteiger partial charge in [0.05, 0.1) is 0 Å². The second-order valence-corrected chi connectivity index (χ2v) is 4.48. The molecule has 0 aliphatic carbocycles. The molecule has 0 bridgehead atoms. The van der Waals surface area contributed by atoms with Crippen LogP contribution >= 0.6 is 0 Å². The molecular formula is C13H16F2O2. The van der Waals surface area contributed by atoms with Crippen LogP contribution in [0.15, 0.2) is 24.3 Å². The molecule has 1 aromatic carbocycles. The molecule has 0 aliphatic rings. The van der Waals surface area contributed by atoms with Gasteiger partial charge in [-0.15, -0.1) is 0 Å². The van der Waals surface area contributed by atoms with E-state index in [1.54, 1.807) is 12.1 Å². The third-order valence-electron chi connectivity index (χ3n) is 2.60. The van der Waals surface area contributed by atoms with Crippen LogP contribution in [0, 0.1) is 12.8 Å². The van der Waals surface area contributed by atoms with Gasteiger partial charge >= 0.3 is 5.97 Å². The molecule has 94 valence electrons. The molecule has 0 spiro atoms. The highest BCUT2D eigenvalue weighted by atomic mass is 19.3. The summed E-state index contributed by atoms with van der Waals surface area (Å²) in [4.78, 5) is 10.4. The van der Waals surface area contributed by atoms with Gasteiger partial charge in [0.25, 0.3) is 5.92 Å². The Hall–Kier alpha value is -1.45. The quantitative estimate of drug-likeness (QED) is 0.856. The summed E-state index contributed by atoms with van der Waals surface area (Å²) in [7, 11) is 0. The zero-order valence-electron chi connectivity index (χ0n) is 9.91. The molecule has 0 saturated carbocycles. The molecule has 1 aromatic rings. The average Bonchev–Trinajstić information content (AvgIpc) is 2.15. The molecule has 2 nitrogen and oxygen atoms in total. The Morgan fingerprint density at radius 3 is 2.35 bits per heavy atom. The summed E-state index contributed by atoms with van der Waals surface area (Å²) in [6, 6.07) is 6.04. The molecule has 4 heteroatoms. The van der Waals surface area contributed by atoms with E-state index in [2.05, 4.69) is 0 Å². The zero-order valence-corrected chi connectivity index (χ0v) is 9.91. The van der Waals surface area contributed by atoms with Crippen molar-refractivity contribution in [3.63, 3.8) is 0 Å². The minimum absolute atomic E-state index is 0.0552. The first-order chi connectivity index (χ1) is 7.81. The van der Waals surface area contributed by atoms with Crippen molar-refractivity contribution in [2.24, 2.45) is 5.92 Å². The Labute approximate surface area is 99.3 Å². The first-order valence-electron chi connectivity index (χ1n) is 5.48. The van der Waals surface area contributed by atoms with E-state index >= 15 is 0 Å². The molecule has 0 radical (unpaired) electrons. The van der Waals surface area contributed by atoms with Crippen LogP contribution in [-0.2, 0) is 10.7 Å². The fraction of sp³-hybridized carbons (Fsp3) is 0.462. The molecule has 0 heterocycles. The SMILES string of the molecule is Cc1ccc(C(F)(F)CC(C)CC(=O)O)cc1. The molecule has 0 fully saturated rings. The van der Waals surface area contributed by atoms with Gasteiger partial charge < -0.3 is 5.11 Å². The van der Waals surface area contributed by atoms with E-state index in [0.717, 1.165) is 5.56 Å². The lowest BCUT2D eigenvalue weighted by Crippen LogP contribution is -2.19. The van der Waals surface area contributed by atoms with Crippen molar-refractivity contribution in [2.75, 3.05) is 0 Å². The van der Waals surface area contributed by atoms with Gasteiger partial charge in [-0.2, -0.15) is 0 Å². The van der Waals surface area contributed by atoms with Crippen molar-refractivity contribution in [3.05, 3.63) is 35.4 Å². The Morgan fingerprint density at radius 2 is 1.88 bits per heavy atom. The van der Waals surface area contributed by atoms with Gasteiger partial charge in [-0.05, 0) is 12.8 Å². The van der Waals surface area contributed by atoms with Crippen molar-refractivity contribution in [1.29, 1.82) is 0 Å². The molecule has 1 N–H and O–H groups in total. The smallest absolute Gasteiger partial charge is 0.303 e. The number of rotatable bonds is 5. The van der Waals surface area contributed by atoms with Crippen molar-refractivity contribution in [3.8, 4) is 0 Å². The molecule has 0 saturated heterocycles. The summed E-state index contributed by atoms with van der Waals surface area (Å²) in [6.45, 7) is 3.35. The van der Waals surface area contributed by atoms with Crippen LogP contribution < -0.4 is 0 Å². The van der Waals surface area contributed by atoms with Crippen LogP contribution in [0.4, 0.5) is 8.78 Å². The number of hydrogen-bond acceptors (Lipinski definition) is 1. The Morgan fingerprint density at radius 1 is 1.35 bits per heavy atom. The molecule has 0 aliphatic heterocycles. The largest absolute Gasteiger partial charge is 0.481 e. The standard InChI is InChI=1S/C13H16F2O2/c1-9-3-5-11(6-4-9)13(14,15)8-10(2)7-12(16)17/h3-6,10H,7-8H2,1-2H3,(H,16,17). The minimum atomic E-state index is -2.97. The molecule has 1 unspecified atom stereocenters. The maximum Gasteiger partial charge on any atom is 0.303 e. The molecule has 0 amide bonds. The predicted molar refractivity (Wildman–Crippen MR) is 61.1 cm³/mol. The monoisotopic (exact) mass is 242 g/mol. The molecular weight excluding hydrogens is 226 g/mol. The van der Waals surface area contributed by atoms with Crippen molar-refractivity contribution >= 4 is 5.97 Å². The van der Waals surface area contributed by atoms with Crippen LogP contribution in [0.1, 0.15) is 30.9 Å². The first kappa shape index (κ1) is 13.6. The second-order valence-electron chi connectivity index (χ2n) is 4.48. The van der Waals surface area contributed by atoms with Gasteiger partial charge in [0.1, 0.15) is 0 Å². The highest BCUT2D eigenvalue weighted by Gasteiger charge is 2.33. The van der Waals surface area contributed by atoms with Gasteiger partial charge in [-0.25, -0.2) is 8.78 Å². The molecule has 1 rings (SSSR count). The van der Waals surface area contributed by atoms with Gasteiger partial charge in [0, 0.05) is 18.4 Å². The first-order valence-corrected chi connectivity index (χ1v) is 5.48. The number of benzene rings is 1. The maximum absolute atomic E-state index is 13.8. The fourth-order valence-corrected chi connectivity index (χ4v) is 1.72. The van der Waals surface area contributed by atoms with Crippen LogP contribution in [0.3, 0.4) is 0 Å². The number of aryl methyl sites for hydroxylation is 1. The van der Waals surface area contributed by atoms with Gasteiger partial charge in [-0.1, -0.05) is 36.8 Å². The summed E-state index contributed by atoms with van der Waals surface area (Å²) in [5, 5.41) is 8.54. The summed E-state index contributed by atoms with van der Waals surface area (Å²) in [5.74, 6) is -4.57. The van der Waals surface area contributed by atoms with Crippen molar-refractivity contribution in [1.82, 2.24) is 0 Å². The van der Waals surface area contributed by atoms with Gasteiger partial charge in [0.15, 0.2) is 0 Å². The lowest BCUT2D eigenvalue weighted by atomic mass is 9.94.